The van der Waals surface area contributed by atoms with E-state index >= 15 is 0 Å². The zero-order valence-corrected chi connectivity index (χ0v) is 17.2. The molecule has 5 nitrogen and oxygen atoms in total. The van der Waals surface area contributed by atoms with Gasteiger partial charge in [-0.05, 0) is 55.3 Å². The standard InChI is InChI=1S/C25H23N3O2/c1-18-5-6-19(2)23(15-18)24-17-21(25(29)30-24)16-20-7-9-22(10-8-20)28(13-3-11-26)14-4-12-27/h5-10,15-17H,3-4,13-14H2,1-2H3/b21-16-. The maximum atomic E-state index is 12.4. The van der Waals surface area contributed by atoms with Gasteiger partial charge in [0.15, 0.2) is 0 Å². The summed E-state index contributed by atoms with van der Waals surface area (Å²) in [6.07, 6.45) is 4.38. The van der Waals surface area contributed by atoms with Crippen molar-refractivity contribution in [2.45, 2.75) is 26.7 Å². The fraction of sp³-hybridized carbons (Fsp3) is 0.240. The van der Waals surface area contributed by atoms with Crippen molar-refractivity contribution in [1.29, 1.82) is 10.5 Å². The molecule has 0 N–H and O–H groups in total. The molecule has 0 saturated carbocycles. The lowest BCUT2D eigenvalue weighted by Gasteiger charge is -2.22. The molecule has 1 aliphatic rings. The Kier molecular flexibility index (Phi) is 6.67. The molecule has 0 amide bonds. The summed E-state index contributed by atoms with van der Waals surface area (Å²) in [5.74, 6) is 0.211. The first-order chi connectivity index (χ1) is 14.5. The maximum absolute atomic E-state index is 12.4. The number of ether oxygens (including phenoxy) is 1. The predicted octanol–water partition coefficient (Wildman–Crippen LogP) is 4.92. The Labute approximate surface area is 177 Å². The van der Waals surface area contributed by atoms with Gasteiger partial charge in [-0.15, -0.1) is 0 Å². The van der Waals surface area contributed by atoms with Gasteiger partial charge in [0.25, 0.3) is 0 Å². The van der Waals surface area contributed by atoms with Crippen LogP contribution in [0, 0.1) is 36.5 Å². The second-order valence-corrected chi connectivity index (χ2v) is 7.21. The van der Waals surface area contributed by atoms with E-state index < -0.39 is 0 Å². The van der Waals surface area contributed by atoms with E-state index in [1.54, 1.807) is 12.2 Å². The van der Waals surface area contributed by atoms with Crippen LogP contribution < -0.4 is 4.90 Å². The largest absolute Gasteiger partial charge is 0.422 e. The minimum Gasteiger partial charge on any atom is -0.422 e. The number of benzene rings is 2. The highest BCUT2D eigenvalue weighted by atomic mass is 16.5. The summed E-state index contributed by atoms with van der Waals surface area (Å²) < 4.78 is 5.50. The molecule has 0 atom stereocenters. The van der Waals surface area contributed by atoms with E-state index in [1.807, 2.05) is 61.2 Å². The minimum absolute atomic E-state index is 0.361. The monoisotopic (exact) mass is 397 g/mol. The molecule has 5 heteroatoms. The van der Waals surface area contributed by atoms with Crippen LogP contribution in [0.25, 0.3) is 11.8 Å². The highest BCUT2D eigenvalue weighted by Gasteiger charge is 2.23. The Morgan fingerprint density at radius 1 is 1.00 bits per heavy atom. The number of esters is 1. The third-order valence-electron chi connectivity index (χ3n) is 4.95. The second-order valence-electron chi connectivity index (χ2n) is 7.21. The molecule has 1 aliphatic heterocycles. The van der Waals surface area contributed by atoms with Crippen LogP contribution in [0.1, 0.15) is 35.1 Å². The molecule has 0 unspecified atom stereocenters. The number of hydrogen-bond donors (Lipinski definition) is 0. The summed E-state index contributed by atoms with van der Waals surface area (Å²) in [5.41, 5.74) is 5.42. The van der Waals surface area contributed by atoms with Gasteiger partial charge in [-0.25, -0.2) is 4.79 Å². The number of nitriles is 2. The molecule has 0 bridgehead atoms. The van der Waals surface area contributed by atoms with Crippen molar-refractivity contribution in [3.63, 3.8) is 0 Å². The van der Waals surface area contributed by atoms with Crippen LogP contribution >= 0.6 is 0 Å². The number of carbonyl (C=O) groups is 1. The first-order valence-electron chi connectivity index (χ1n) is 9.84. The van der Waals surface area contributed by atoms with E-state index in [0.29, 0.717) is 37.3 Å². The molecule has 0 aliphatic carbocycles. The SMILES string of the molecule is Cc1ccc(C)c(C2=C/C(=C/c3ccc(N(CCC#N)CCC#N)cc3)C(=O)O2)c1. The van der Waals surface area contributed by atoms with Crippen molar-refractivity contribution < 1.29 is 9.53 Å². The Bertz CT molecular complexity index is 1060. The zero-order valence-electron chi connectivity index (χ0n) is 17.2. The predicted molar refractivity (Wildman–Crippen MR) is 117 cm³/mol. The second kappa shape index (κ2) is 9.58. The van der Waals surface area contributed by atoms with E-state index in [4.69, 9.17) is 15.3 Å². The molecule has 0 aromatic heterocycles. The number of cyclic esters (lactones) is 1. The van der Waals surface area contributed by atoms with Crippen molar-refractivity contribution in [1.82, 2.24) is 0 Å². The summed E-state index contributed by atoms with van der Waals surface area (Å²) in [6, 6.07) is 18.1. The van der Waals surface area contributed by atoms with Crippen molar-refractivity contribution in [2.75, 3.05) is 18.0 Å². The van der Waals surface area contributed by atoms with Crippen LogP contribution in [0.4, 0.5) is 5.69 Å². The average Bonchev–Trinajstić information content (AvgIpc) is 3.10. The smallest absolute Gasteiger partial charge is 0.343 e. The highest BCUT2D eigenvalue weighted by Crippen LogP contribution is 2.30. The van der Waals surface area contributed by atoms with Crippen molar-refractivity contribution >= 4 is 23.5 Å². The quantitative estimate of drug-likeness (QED) is 0.490. The van der Waals surface area contributed by atoms with Gasteiger partial charge >= 0.3 is 5.97 Å². The molecular weight excluding hydrogens is 374 g/mol. The van der Waals surface area contributed by atoms with Crippen LogP contribution in [0.5, 0.6) is 0 Å². The first-order valence-corrected chi connectivity index (χ1v) is 9.84. The normalized spacial score (nSPS) is 14.1. The lowest BCUT2D eigenvalue weighted by Crippen LogP contribution is -2.25. The van der Waals surface area contributed by atoms with Gasteiger partial charge in [0.1, 0.15) is 5.76 Å². The van der Waals surface area contributed by atoms with Crippen LogP contribution in [0.2, 0.25) is 0 Å². The lowest BCUT2D eigenvalue weighted by atomic mass is 10.0. The van der Waals surface area contributed by atoms with Crippen molar-refractivity contribution in [2.24, 2.45) is 0 Å². The van der Waals surface area contributed by atoms with Gasteiger partial charge in [0, 0.05) is 24.3 Å². The van der Waals surface area contributed by atoms with Gasteiger partial charge in [-0.2, -0.15) is 10.5 Å². The van der Waals surface area contributed by atoms with Gasteiger partial charge < -0.3 is 9.64 Å². The summed E-state index contributed by atoms with van der Waals surface area (Å²) in [7, 11) is 0. The van der Waals surface area contributed by atoms with Crippen LogP contribution in [0.15, 0.2) is 54.1 Å². The molecule has 0 spiro atoms. The molecule has 2 aromatic rings. The molecule has 2 aromatic carbocycles. The summed E-state index contributed by atoms with van der Waals surface area (Å²) in [5, 5.41) is 17.7. The van der Waals surface area contributed by atoms with E-state index in [0.717, 1.165) is 27.9 Å². The Morgan fingerprint density at radius 2 is 1.67 bits per heavy atom. The van der Waals surface area contributed by atoms with E-state index in [-0.39, 0.29) is 5.97 Å². The number of aryl methyl sites for hydroxylation is 2. The summed E-state index contributed by atoms with van der Waals surface area (Å²) in [6.45, 7) is 5.16. The zero-order chi connectivity index (χ0) is 21.5. The fourth-order valence-corrected chi connectivity index (χ4v) is 3.32. The Hall–Kier alpha value is -3.83. The van der Waals surface area contributed by atoms with E-state index in [1.165, 1.54) is 0 Å². The topological polar surface area (TPSA) is 77.1 Å². The molecule has 0 fully saturated rings. The Morgan fingerprint density at radius 3 is 2.30 bits per heavy atom. The Balaban J connectivity index is 1.82. The summed E-state index contributed by atoms with van der Waals surface area (Å²) in [4.78, 5) is 14.4. The number of rotatable bonds is 7. The van der Waals surface area contributed by atoms with Gasteiger partial charge in [0.05, 0.1) is 30.6 Å². The lowest BCUT2D eigenvalue weighted by molar-refractivity contribution is -0.130. The van der Waals surface area contributed by atoms with Crippen molar-refractivity contribution in [3.05, 3.63) is 76.4 Å². The average molecular weight is 397 g/mol. The third-order valence-corrected chi connectivity index (χ3v) is 4.95. The number of nitrogens with zero attached hydrogens (tertiary/aromatic N) is 3. The molecular formula is C25H23N3O2. The van der Waals surface area contributed by atoms with Crippen LogP contribution in [-0.2, 0) is 9.53 Å². The van der Waals surface area contributed by atoms with Gasteiger partial charge in [-0.1, -0.05) is 29.8 Å². The maximum Gasteiger partial charge on any atom is 0.343 e. The van der Waals surface area contributed by atoms with Crippen LogP contribution in [0.3, 0.4) is 0 Å². The molecule has 0 saturated heterocycles. The van der Waals surface area contributed by atoms with E-state index in [9.17, 15) is 4.79 Å². The van der Waals surface area contributed by atoms with Crippen LogP contribution in [-0.4, -0.2) is 19.1 Å². The number of anilines is 1. The molecule has 150 valence electrons. The fourth-order valence-electron chi connectivity index (χ4n) is 3.32. The minimum atomic E-state index is -0.361. The molecule has 30 heavy (non-hydrogen) atoms. The summed E-state index contributed by atoms with van der Waals surface area (Å²) >= 11 is 0. The highest BCUT2D eigenvalue weighted by molar-refractivity contribution is 6.05. The molecule has 3 rings (SSSR count). The number of carbonyl (C=O) groups excluding carboxylic acids is 1. The number of hydrogen-bond acceptors (Lipinski definition) is 5. The van der Waals surface area contributed by atoms with Gasteiger partial charge in [-0.3, -0.25) is 0 Å². The third kappa shape index (κ3) is 4.96. The van der Waals surface area contributed by atoms with E-state index in [2.05, 4.69) is 12.1 Å². The van der Waals surface area contributed by atoms with Gasteiger partial charge in [0.2, 0.25) is 0 Å². The molecule has 0 radical (unpaired) electrons. The molecule has 1 heterocycles. The van der Waals surface area contributed by atoms with Crippen molar-refractivity contribution in [3.8, 4) is 12.1 Å². The first kappa shape index (κ1) is 20.9.